The number of fused-ring (bicyclic) bond motifs is 1. The minimum atomic E-state index is -0.584. The van der Waals surface area contributed by atoms with E-state index in [1.165, 1.54) is 0 Å². The van der Waals surface area contributed by atoms with Crippen molar-refractivity contribution in [1.82, 2.24) is 10.3 Å². The van der Waals surface area contributed by atoms with Crippen molar-refractivity contribution in [2.45, 2.75) is 18.4 Å². The summed E-state index contributed by atoms with van der Waals surface area (Å²) in [4.78, 5) is 16.9. The molecule has 1 fully saturated rings. The van der Waals surface area contributed by atoms with Crippen LogP contribution in [0.4, 0.5) is 0 Å². The number of ether oxygens (including phenoxy) is 1. The fourth-order valence-corrected chi connectivity index (χ4v) is 2.69. The number of amides is 1. The summed E-state index contributed by atoms with van der Waals surface area (Å²) in [7, 11) is 0. The molecule has 0 bridgehead atoms. The third-order valence-corrected chi connectivity index (χ3v) is 4.02. The second-order valence-electron chi connectivity index (χ2n) is 5.38. The SMILES string of the molecule is O=C(NC1(CO)CCOCC1)c1cccc2ncccc12. The molecular formula is C16H18N2O3. The third-order valence-electron chi connectivity index (χ3n) is 4.02. The van der Waals surface area contributed by atoms with Gasteiger partial charge in [-0.05, 0) is 31.0 Å². The van der Waals surface area contributed by atoms with Crippen LogP contribution in [0.5, 0.6) is 0 Å². The Morgan fingerprint density at radius 2 is 2.10 bits per heavy atom. The van der Waals surface area contributed by atoms with Gasteiger partial charge in [0.15, 0.2) is 0 Å². The molecule has 2 N–H and O–H groups in total. The van der Waals surface area contributed by atoms with E-state index in [0.717, 1.165) is 10.9 Å². The molecule has 2 heterocycles. The highest BCUT2D eigenvalue weighted by molar-refractivity contribution is 6.06. The Morgan fingerprint density at radius 1 is 1.29 bits per heavy atom. The van der Waals surface area contributed by atoms with Crippen LogP contribution >= 0.6 is 0 Å². The Balaban J connectivity index is 1.90. The van der Waals surface area contributed by atoms with Crippen molar-refractivity contribution in [3.8, 4) is 0 Å². The van der Waals surface area contributed by atoms with Crippen LogP contribution in [0.15, 0.2) is 36.5 Å². The Hall–Kier alpha value is -1.98. The van der Waals surface area contributed by atoms with Crippen molar-refractivity contribution in [2.24, 2.45) is 0 Å². The van der Waals surface area contributed by atoms with Crippen LogP contribution in [0.1, 0.15) is 23.2 Å². The maximum Gasteiger partial charge on any atom is 0.252 e. The first-order valence-electron chi connectivity index (χ1n) is 7.09. The van der Waals surface area contributed by atoms with E-state index in [1.807, 2.05) is 24.3 Å². The second kappa shape index (κ2) is 5.79. The number of rotatable bonds is 3. The summed E-state index contributed by atoms with van der Waals surface area (Å²) in [5.74, 6) is -0.176. The summed E-state index contributed by atoms with van der Waals surface area (Å²) >= 11 is 0. The minimum Gasteiger partial charge on any atom is -0.394 e. The number of pyridine rings is 1. The minimum absolute atomic E-state index is 0.0783. The summed E-state index contributed by atoms with van der Waals surface area (Å²) in [6.45, 7) is 1.03. The van der Waals surface area contributed by atoms with Crippen molar-refractivity contribution < 1.29 is 14.6 Å². The van der Waals surface area contributed by atoms with Gasteiger partial charge in [-0.25, -0.2) is 0 Å². The van der Waals surface area contributed by atoms with Gasteiger partial charge in [-0.15, -0.1) is 0 Å². The van der Waals surface area contributed by atoms with Crippen LogP contribution in [-0.2, 0) is 4.74 Å². The number of aromatic nitrogens is 1. The zero-order chi connectivity index (χ0) is 14.7. The molecule has 0 unspecified atom stereocenters. The topological polar surface area (TPSA) is 71.5 Å². The molecule has 1 amide bonds. The molecule has 5 heteroatoms. The Kier molecular flexibility index (Phi) is 3.86. The Labute approximate surface area is 123 Å². The molecule has 0 spiro atoms. The molecule has 1 aromatic carbocycles. The first kappa shape index (κ1) is 14.0. The summed E-state index contributed by atoms with van der Waals surface area (Å²) in [6, 6.07) is 9.17. The van der Waals surface area contributed by atoms with Crippen LogP contribution in [0.25, 0.3) is 10.9 Å². The zero-order valence-corrected chi connectivity index (χ0v) is 11.7. The van der Waals surface area contributed by atoms with Crippen molar-refractivity contribution in [1.29, 1.82) is 0 Å². The van der Waals surface area contributed by atoms with Crippen LogP contribution in [0.3, 0.4) is 0 Å². The van der Waals surface area contributed by atoms with Crippen LogP contribution < -0.4 is 5.32 Å². The lowest BCUT2D eigenvalue weighted by Gasteiger charge is -2.36. The highest BCUT2D eigenvalue weighted by atomic mass is 16.5. The van der Waals surface area contributed by atoms with Gasteiger partial charge in [-0.2, -0.15) is 0 Å². The van der Waals surface area contributed by atoms with Gasteiger partial charge >= 0.3 is 0 Å². The van der Waals surface area contributed by atoms with E-state index >= 15 is 0 Å². The molecule has 1 saturated heterocycles. The molecular weight excluding hydrogens is 268 g/mol. The van der Waals surface area contributed by atoms with E-state index in [-0.39, 0.29) is 12.5 Å². The largest absolute Gasteiger partial charge is 0.394 e. The molecule has 1 aliphatic rings. The van der Waals surface area contributed by atoms with Crippen molar-refractivity contribution in [3.05, 3.63) is 42.1 Å². The van der Waals surface area contributed by atoms with Crippen LogP contribution in [0, 0.1) is 0 Å². The number of benzene rings is 1. The number of nitrogens with zero attached hydrogens (tertiary/aromatic N) is 1. The molecule has 110 valence electrons. The molecule has 21 heavy (non-hydrogen) atoms. The Morgan fingerprint density at radius 3 is 2.86 bits per heavy atom. The van der Waals surface area contributed by atoms with Gasteiger partial charge in [0, 0.05) is 30.4 Å². The van der Waals surface area contributed by atoms with Crippen LogP contribution in [-0.4, -0.2) is 41.4 Å². The first-order chi connectivity index (χ1) is 10.2. The van der Waals surface area contributed by atoms with E-state index in [0.29, 0.717) is 31.6 Å². The first-order valence-corrected chi connectivity index (χ1v) is 7.09. The van der Waals surface area contributed by atoms with Crippen molar-refractivity contribution in [3.63, 3.8) is 0 Å². The normalized spacial score (nSPS) is 17.6. The van der Waals surface area contributed by atoms with Gasteiger partial charge in [-0.1, -0.05) is 12.1 Å². The van der Waals surface area contributed by atoms with E-state index in [2.05, 4.69) is 10.3 Å². The number of aliphatic hydroxyl groups is 1. The van der Waals surface area contributed by atoms with Gasteiger partial charge in [0.1, 0.15) is 0 Å². The summed E-state index contributed by atoms with van der Waals surface area (Å²) < 4.78 is 5.31. The maximum absolute atomic E-state index is 12.6. The molecule has 1 aromatic heterocycles. The molecule has 0 radical (unpaired) electrons. The summed E-state index contributed by atoms with van der Waals surface area (Å²) in [5, 5.41) is 13.5. The standard InChI is InChI=1S/C16H18N2O3/c19-11-16(6-9-21-10-7-16)18-15(20)13-3-1-5-14-12(13)4-2-8-17-14/h1-5,8,19H,6-7,9-11H2,(H,18,20). The zero-order valence-electron chi connectivity index (χ0n) is 11.7. The van der Waals surface area contributed by atoms with Crippen LogP contribution in [0.2, 0.25) is 0 Å². The fourth-order valence-electron chi connectivity index (χ4n) is 2.69. The highest BCUT2D eigenvalue weighted by Crippen LogP contribution is 2.22. The summed E-state index contributed by atoms with van der Waals surface area (Å²) in [5.41, 5.74) is 0.787. The van der Waals surface area contributed by atoms with Gasteiger partial charge in [0.25, 0.3) is 5.91 Å². The second-order valence-corrected chi connectivity index (χ2v) is 5.38. The number of carbonyl (C=O) groups excluding carboxylic acids is 1. The average molecular weight is 286 g/mol. The van der Waals surface area contributed by atoms with Gasteiger partial charge < -0.3 is 15.2 Å². The monoisotopic (exact) mass is 286 g/mol. The molecule has 0 saturated carbocycles. The predicted molar refractivity (Wildman–Crippen MR) is 79.1 cm³/mol. The average Bonchev–Trinajstić information content (AvgIpc) is 2.55. The number of carbonyl (C=O) groups is 1. The van der Waals surface area contributed by atoms with Crippen molar-refractivity contribution >= 4 is 16.8 Å². The number of aliphatic hydroxyl groups excluding tert-OH is 1. The summed E-state index contributed by atoms with van der Waals surface area (Å²) in [6.07, 6.45) is 2.95. The van der Waals surface area contributed by atoms with E-state index in [9.17, 15) is 9.90 Å². The fraction of sp³-hybridized carbons (Fsp3) is 0.375. The lowest BCUT2D eigenvalue weighted by Crippen LogP contribution is -2.54. The third kappa shape index (κ3) is 2.75. The number of hydrogen-bond donors (Lipinski definition) is 2. The quantitative estimate of drug-likeness (QED) is 0.897. The van der Waals surface area contributed by atoms with Gasteiger partial charge in [0.2, 0.25) is 0 Å². The van der Waals surface area contributed by atoms with Crippen molar-refractivity contribution in [2.75, 3.05) is 19.8 Å². The van der Waals surface area contributed by atoms with Gasteiger partial charge in [0.05, 0.1) is 17.7 Å². The maximum atomic E-state index is 12.6. The molecule has 0 aliphatic carbocycles. The molecule has 5 nitrogen and oxygen atoms in total. The number of nitrogens with one attached hydrogen (secondary N) is 1. The molecule has 3 rings (SSSR count). The van der Waals surface area contributed by atoms with E-state index in [1.54, 1.807) is 12.3 Å². The Bertz CT molecular complexity index is 646. The smallest absolute Gasteiger partial charge is 0.252 e. The molecule has 2 aromatic rings. The highest BCUT2D eigenvalue weighted by Gasteiger charge is 2.34. The molecule has 1 aliphatic heterocycles. The lowest BCUT2D eigenvalue weighted by molar-refractivity contribution is 0.0126. The number of hydrogen-bond acceptors (Lipinski definition) is 4. The van der Waals surface area contributed by atoms with Gasteiger partial charge in [-0.3, -0.25) is 9.78 Å². The molecule has 0 atom stereocenters. The van der Waals surface area contributed by atoms with E-state index in [4.69, 9.17) is 4.74 Å². The predicted octanol–water partition coefficient (Wildman–Crippen LogP) is 1.51. The van der Waals surface area contributed by atoms with E-state index < -0.39 is 5.54 Å². The lowest BCUT2D eigenvalue weighted by atomic mass is 9.90.